The summed E-state index contributed by atoms with van der Waals surface area (Å²) in [4.78, 5) is 36.1. The quantitative estimate of drug-likeness (QED) is 0.264. The third kappa shape index (κ3) is 32.7. The second kappa shape index (κ2) is 12.0. The van der Waals surface area contributed by atoms with Crippen LogP contribution in [0.25, 0.3) is 0 Å². The normalized spacial score (nSPS) is 10.2. The molecule has 0 aromatic rings. The van der Waals surface area contributed by atoms with Crippen molar-refractivity contribution >= 4 is 31.2 Å². The van der Waals surface area contributed by atoms with Crippen molar-refractivity contribution in [2.75, 3.05) is 0 Å². The SMILES string of the molecule is O=NOS(=O)(=O)ON=O.O=NOS(=O)(=O)ON=O.O=S(=O)(O)O. The molecule has 0 bridgehead atoms. The minimum absolute atomic E-state index is 1.46. The van der Waals surface area contributed by atoms with Gasteiger partial charge in [0, 0.05) is 0 Å². The van der Waals surface area contributed by atoms with E-state index in [4.69, 9.17) is 37.2 Å². The fourth-order valence-corrected chi connectivity index (χ4v) is 0.529. The Balaban J connectivity index is -0.000000273. The molecule has 0 rings (SSSR count). The number of hydrogen-bond donors (Lipinski definition) is 2. The monoisotopic (exact) mass is 410 g/mol. The molecule has 0 heterocycles. The van der Waals surface area contributed by atoms with E-state index in [0.717, 1.165) is 0 Å². The molecule has 23 heavy (non-hydrogen) atoms. The summed E-state index contributed by atoms with van der Waals surface area (Å²) in [6, 6.07) is 0. The van der Waals surface area contributed by atoms with Crippen molar-refractivity contribution in [1.82, 2.24) is 0 Å². The third-order valence-corrected chi connectivity index (χ3v) is 1.46. The lowest BCUT2D eigenvalue weighted by Gasteiger charge is -1.86. The fourth-order valence-electron chi connectivity index (χ4n) is 0.176. The summed E-state index contributed by atoms with van der Waals surface area (Å²) in [6.45, 7) is 0. The van der Waals surface area contributed by atoms with E-state index in [1.54, 1.807) is 0 Å². The molecule has 0 aromatic carbocycles. The zero-order valence-electron chi connectivity index (χ0n) is 9.62. The van der Waals surface area contributed by atoms with E-state index < -0.39 is 31.2 Å². The lowest BCUT2D eigenvalue weighted by molar-refractivity contribution is 0.222. The molecule has 23 heteroatoms. The second-order valence-corrected chi connectivity index (χ2v) is 4.99. The van der Waals surface area contributed by atoms with Crippen LogP contribution >= 0.6 is 0 Å². The molecule has 136 valence electrons. The average Bonchev–Trinajstić information content (AvgIpc) is 2.26. The van der Waals surface area contributed by atoms with Crippen molar-refractivity contribution in [2.45, 2.75) is 0 Å². The maximum absolute atomic E-state index is 9.80. The molecule has 0 fully saturated rings. The van der Waals surface area contributed by atoms with E-state index in [1.165, 1.54) is 21.4 Å². The van der Waals surface area contributed by atoms with E-state index >= 15 is 0 Å². The summed E-state index contributed by atoms with van der Waals surface area (Å²) in [5.41, 5.74) is 0. The van der Waals surface area contributed by atoms with Gasteiger partial charge in [-0.25, -0.2) is 0 Å². The molecule has 0 aliphatic carbocycles. The molecular weight excluding hydrogens is 408 g/mol. The highest BCUT2D eigenvalue weighted by Crippen LogP contribution is 1.95. The van der Waals surface area contributed by atoms with Crippen molar-refractivity contribution in [3.8, 4) is 0 Å². The first-order chi connectivity index (χ1) is 10.2. The first-order valence-corrected chi connectivity index (χ1v) is 7.56. The van der Waals surface area contributed by atoms with Crippen LogP contribution in [0.4, 0.5) is 0 Å². The predicted molar refractivity (Wildman–Crippen MR) is 59.5 cm³/mol. The Morgan fingerprint density at radius 1 is 0.522 bits per heavy atom. The van der Waals surface area contributed by atoms with E-state index in [0.29, 0.717) is 0 Å². The molecule has 0 unspecified atom stereocenters. The lowest BCUT2D eigenvalue weighted by atomic mass is 13.4. The first-order valence-electron chi connectivity index (χ1n) is 3.49. The Bertz CT molecular complexity index is 579. The van der Waals surface area contributed by atoms with Crippen LogP contribution in [-0.4, -0.2) is 34.4 Å². The summed E-state index contributed by atoms with van der Waals surface area (Å²) < 4.78 is 82.8. The van der Waals surface area contributed by atoms with Crippen LogP contribution in [0, 0.1) is 19.6 Å². The minimum Gasteiger partial charge on any atom is -0.264 e. The van der Waals surface area contributed by atoms with Crippen LogP contribution in [0.1, 0.15) is 0 Å². The highest BCUT2D eigenvalue weighted by atomic mass is 32.3. The van der Waals surface area contributed by atoms with E-state index in [2.05, 4.69) is 17.1 Å². The lowest BCUT2D eigenvalue weighted by Crippen LogP contribution is -2.00. The highest BCUT2D eigenvalue weighted by molar-refractivity contribution is 7.82. The summed E-state index contributed by atoms with van der Waals surface area (Å²) >= 11 is 0. The molecule has 0 aromatic heterocycles. The van der Waals surface area contributed by atoms with E-state index in [9.17, 15) is 16.8 Å². The summed E-state index contributed by atoms with van der Waals surface area (Å²) in [5, 5.41) is 5.86. The molecule has 0 atom stereocenters. The summed E-state index contributed by atoms with van der Waals surface area (Å²) in [5.74, 6) is 0. The van der Waals surface area contributed by atoms with Gasteiger partial charge in [-0.05, 0) is 0 Å². The van der Waals surface area contributed by atoms with Gasteiger partial charge in [0.2, 0.25) is 0 Å². The van der Waals surface area contributed by atoms with Gasteiger partial charge in [0.15, 0.2) is 21.4 Å². The Labute approximate surface area is 124 Å². The molecule has 2 N–H and O–H groups in total. The third-order valence-electron chi connectivity index (χ3n) is 0.487. The van der Waals surface area contributed by atoms with Gasteiger partial charge < -0.3 is 0 Å². The van der Waals surface area contributed by atoms with Gasteiger partial charge in [-0.3, -0.25) is 9.11 Å². The number of hydrogen-bond acceptors (Lipinski definition) is 18. The fraction of sp³-hybridized carbons (Fsp3) is 0. The molecule has 0 aliphatic heterocycles. The van der Waals surface area contributed by atoms with E-state index in [1.807, 2.05) is 0 Å². The van der Waals surface area contributed by atoms with Crippen LogP contribution in [-0.2, 0) is 48.3 Å². The zero-order valence-corrected chi connectivity index (χ0v) is 12.1. The van der Waals surface area contributed by atoms with Gasteiger partial charge in [-0.1, -0.05) is 0 Å². The molecule has 0 saturated carbocycles. The molecule has 0 aliphatic rings. The summed E-state index contributed by atoms with van der Waals surface area (Å²) in [6.07, 6.45) is 0. The first kappa shape index (κ1) is 25.3. The standard InChI is InChI=1S/2N2O6S.H2O4S/c2*3-1-7-9(5,6)8-2-4;1-5(2,3)4/h;;(H2,1,2,3,4). The Morgan fingerprint density at radius 2 is 0.652 bits per heavy atom. The minimum atomic E-state index is -4.67. The average molecular weight is 410 g/mol. The Morgan fingerprint density at radius 3 is 0.739 bits per heavy atom. The van der Waals surface area contributed by atoms with Crippen molar-refractivity contribution in [3.05, 3.63) is 19.6 Å². The van der Waals surface area contributed by atoms with Gasteiger partial charge in [0.05, 0.1) is 0 Å². The second-order valence-electron chi connectivity index (χ2n) is 1.86. The molecule has 0 saturated heterocycles. The van der Waals surface area contributed by atoms with E-state index in [-0.39, 0.29) is 0 Å². The molecule has 20 nitrogen and oxygen atoms in total. The predicted octanol–water partition coefficient (Wildman–Crippen LogP) is -1.40. The van der Waals surface area contributed by atoms with Crippen LogP contribution in [0.15, 0.2) is 21.4 Å². The van der Waals surface area contributed by atoms with Crippen molar-refractivity contribution in [3.63, 3.8) is 0 Å². The molecular formula is H2N4O16S3. The zero-order chi connectivity index (χ0) is 19.2. The smallest absolute Gasteiger partial charge is 0.264 e. The number of rotatable bonds is 8. The Hall–Kier alpha value is -2.63. The van der Waals surface area contributed by atoms with Crippen LogP contribution in [0.2, 0.25) is 0 Å². The van der Waals surface area contributed by atoms with Crippen LogP contribution in [0.5, 0.6) is 0 Å². The Kier molecular flexibility index (Phi) is 13.2. The van der Waals surface area contributed by atoms with Gasteiger partial charge in [-0.15, -0.1) is 36.5 Å². The van der Waals surface area contributed by atoms with Gasteiger partial charge in [0.1, 0.15) is 0 Å². The highest BCUT2D eigenvalue weighted by Gasteiger charge is 2.14. The van der Waals surface area contributed by atoms with Gasteiger partial charge in [0.25, 0.3) is 0 Å². The maximum atomic E-state index is 9.80. The maximum Gasteiger partial charge on any atom is 0.547 e. The van der Waals surface area contributed by atoms with Crippen molar-refractivity contribution in [1.29, 1.82) is 0 Å². The van der Waals surface area contributed by atoms with Crippen molar-refractivity contribution < 1.29 is 51.5 Å². The van der Waals surface area contributed by atoms with Gasteiger partial charge >= 0.3 is 31.2 Å². The topological polar surface area (TPSA) is 298 Å². The molecule has 0 radical (unpaired) electrons. The number of nitrogens with zero attached hydrogens (tertiary/aromatic N) is 4. The van der Waals surface area contributed by atoms with Crippen molar-refractivity contribution in [2.24, 2.45) is 21.4 Å². The summed E-state index contributed by atoms with van der Waals surface area (Å²) in [7, 11) is -13.9. The molecule has 0 amide bonds. The van der Waals surface area contributed by atoms with Crippen LogP contribution < -0.4 is 0 Å². The largest absolute Gasteiger partial charge is 0.547 e. The van der Waals surface area contributed by atoms with Crippen LogP contribution in [0.3, 0.4) is 0 Å². The molecule has 0 spiro atoms. The van der Waals surface area contributed by atoms with Gasteiger partial charge in [-0.2, -0.15) is 25.6 Å².